The molecule has 1 aliphatic rings. The van der Waals surface area contributed by atoms with Crippen LogP contribution >= 0.6 is 0 Å². The molecule has 0 bridgehead atoms. The number of rotatable bonds is 4. The van der Waals surface area contributed by atoms with Crippen molar-refractivity contribution < 1.29 is 9.90 Å². The minimum absolute atomic E-state index is 0.365. The number of carbonyl (C=O) groups is 1. The lowest BCUT2D eigenvalue weighted by Crippen LogP contribution is -2.42. The third-order valence-electron chi connectivity index (χ3n) is 3.36. The molecule has 0 aromatic carbocycles. The molecular weight excluding hydrogens is 190 g/mol. The first-order valence-electron chi connectivity index (χ1n) is 6.04. The van der Waals surface area contributed by atoms with Crippen molar-refractivity contribution in [3.63, 3.8) is 0 Å². The Labute approximate surface area is 92.3 Å². The Morgan fingerprint density at radius 3 is 2.20 bits per heavy atom. The number of carboxylic acids is 1. The van der Waals surface area contributed by atoms with Gasteiger partial charge in [0.2, 0.25) is 0 Å². The second kappa shape index (κ2) is 5.50. The minimum Gasteiger partial charge on any atom is -0.481 e. The maximum atomic E-state index is 11.4. The van der Waals surface area contributed by atoms with Crippen LogP contribution in [0.15, 0.2) is 0 Å². The molecule has 0 aromatic rings. The van der Waals surface area contributed by atoms with E-state index in [0.717, 1.165) is 25.7 Å². The maximum absolute atomic E-state index is 11.4. The van der Waals surface area contributed by atoms with Gasteiger partial charge in [0.05, 0.1) is 5.41 Å². The van der Waals surface area contributed by atoms with E-state index in [1.165, 1.54) is 12.8 Å². The highest BCUT2D eigenvalue weighted by Crippen LogP contribution is 2.34. The molecule has 1 fully saturated rings. The molecule has 1 rings (SSSR count). The lowest BCUT2D eigenvalue weighted by Gasteiger charge is -2.29. The summed E-state index contributed by atoms with van der Waals surface area (Å²) in [7, 11) is 0. The Kier molecular flexibility index (Phi) is 4.58. The summed E-state index contributed by atoms with van der Waals surface area (Å²) in [5.74, 6) is -0.613. The second-order valence-electron chi connectivity index (χ2n) is 5.04. The van der Waals surface area contributed by atoms with Gasteiger partial charge in [0, 0.05) is 12.6 Å². The van der Waals surface area contributed by atoms with Crippen LogP contribution in [0.2, 0.25) is 0 Å². The third kappa shape index (κ3) is 3.49. The fourth-order valence-corrected chi connectivity index (χ4v) is 2.27. The van der Waals surface area contributed by atoms with E-state index < -0.39 is 11.4 Å². The van der Waals surface area contributed by atoms with Gasteiger partial charge in [-0.1, -0.05) is 39.5 Å². The van der Waals surface area contributed by atoms with E-state index in [1.807, 2.05) is 0 Å². The monoisotopic (exact) mass is 213 g/mol. The normalized spacial score (nSPS) is 21.3. The molecule has 15 heavy (non-hydrogen) atoms. The van der Waals surface area contributed by atoms with E-state index in [0.29, 0.717) is 12.6 Å². The van der Waals surface area contributed by atoms with Crippen LogP contribution in [0.4, 0.5) is 0 Å². The molecule has 0 aliphatic heterocycles. The van der Waals surface area contributed by atoms with Gasteiger partial charge in [0.25, 0.3) is 0 Å². The smallest absolute Gasteiger partial charge is 0.310 e. The predicted octanol–water partition coefficient (Wildman–Crippen LogP) is 2.41. The average Bonchev–Trinajstić information content (AvgIpc) is 2.40. The van der Waals surface area contributed by atoms with Gasteiger partial charge in [-0.3, -0.25) is 4.79 Å². The van der Waals surface area contributed by atoms with Crippen LogP contribution in [-0.4, -0.2) is 23.7 Å². The summed E-state index contributed by atoms with van der Waals surface area (Å²) in [6.45, 7) is 4.75. The Morgan fingerprint density at radius 2 is 1.80 bits per heavy atom. The fourth-order valence-electron chi connectivity index (χ4n) is 2.27. The van der Waals surface area contributed by atoms with Crippen molar-refractivity contribution in [2.24, 2.45) is 5.41 Å². The molecule has 0 amide bonds. The molecule has 0 atom stereocenters. The lowest BCUT2D eigenvalue weighted by atomic mass is 9.80. The van der Waals surface area contributed by atoms with Gasteiger partial charge in [-0.05, 0) is 12.8 Å². The topological polar surface area (TPSA) is 49.3 Å². The molecule has 1 saturated carbocycles. The van der Waals surface area contributed by atoms with Crippen LogP contribution in [0.3, 0.4) is 0 Å². The molecular formula is C12H23NO2. The number of hydrogen-bond acceptors (Lipinski definition) is 2. The van der Waals surface area contributed by atoms with E-state index in [2.05, 4.69) is 19.2 Å². The van der Waals surface area contributed by atoms with Gasteiger partial charge >= 0.3 is 5.97 Å². The molecule has 0 aromatic heterocycles. The van der Waals surface area contributed by atoms with Crippen LogP contribution in [0, 0.1) is 5.41 Å². The number of aliphatic carboxylic acids is 1. The Bertz CT molecular complexity index is 206. The first kappa shape index (κ1) is 12.5. The molecule has 0 saturated heterocycles. The van der Waals surface area contributed by atoms with E-state index in [9.17, 15) is 9.90 Å². The standard InChI is InChI=1S/C12H23NO2/c1-10(2)13-9-12(11(14)15)7-5-3-4-6-8-12/h10,13H,3-9H2,1-2H3,(H,14,15). The van der Waals surface area contributed by atoms with Crippen LogP contribution < -0.4 is 5.32 Å². The Hall–Kier alpha value is -0.570. The van der Waals surface area contributed by atoms with E-state index >= 15 is 0 Å². The summed E-state index contributed by atoms with van der Waals surface area (Å²) < 4.78 is 0. The SMILES string of the molecule is CC(C)NCC1(C(=O)O)CCCCCC1. The van der Waals surface area contributed by atoms with Crippen molar-refractivity contribution in [2.75, 3.05) is 6.54 Å². The molecule has 0 spiro atoms. The zero-order chi connectivity index (χ0) is 11.3. The molecule has 0 unspecified atom stereocenters. The summed E-state index contributed by atoms with van der Waals surface area (Å²) in [6.07, 6.45) is 6.18. The molecule has 88 valence electrons. The zero-order valence-electron chi connectivity index (χ0n) is 9.88. The molecule has 3 heteroatoms. The second-order valence-corrected chi connectivity index (χ2v) is 5.04. The van der Waals surface area contributed by atoms with E-state index in [-0.39, 0.29) is 0 Å². The van der Waals surface area contributed by atoms with Gasteiger partial charge in [0.1, 0.15) is 0 Å². The summed E-state index contributed by atoms with van der Waals surface area (Å²) in [4.78, 5) is 11.4. The van der Waals surface area contributed by atoms with Gasteiger partial charge in [0.15, 0.2) is 0 Å². The molecule has 3 nitrogen and oxygen atoms in total. The van der Waals surface area contributed by atoms with Crippen LogP contribution in [0.5, 0.6) is 0 Å². The number of carboxylic acid groups (broad SMARTS) is 1. The number of hydrogen-bond donors (Lipinski definition) is 2. The highest BCUT2D eigenvalue weighted by atomic mass is 16.4. The van der Waals surface area contributed by atoms with E-state index in [4.69, 9.17) is 0 Å². The first-order chi connectivity index (χ1) is 7.07. The van der Waals surface area contributed by atoms with Gasteiger partial charge in [-0.2, -0.15) is 0 Å². The summed E-state index contributed by atoms with van der Waals surface area (Å²) >= 11 is 0. The van der Waals surface area contributed by atoms with Crippen molar-refractivity contribution in [1.82, 2.24) is 5.32 Å². The van der Waals surface area contributed by atoms with Gasteiger partial charge in [-0.15, -0.1) is 0 Å². The van der Waals surface area contributed by atoms with E-state index in [1.54, 1.807) is 0 Å². The quantitative estimate of drug-likeness (QED) is 0.705. The average molecular weight is 213 g/mol. The van der Waals surface area contributed by atoms with Crippen molar-refractivity contribution in [3.05, 3.63) is 0 Å². The summed E-state index contributed by atoms with van der Waals surface area (Å²) in [5, 5.41) is 12.7. The Morgan fingerprint density at radius 1 is 1.27 bits per heavy atom. The first-order valence-corrected chi connectivity index (χ1v) is 6.04. The molecule has 2 N–H and O–H groups in total. The minimum atomic E-state index is -0.613. The van der Waals surface area contributed by atoms with Crippen molar-refractivity contribution in [1.29, 1.82) is 0 Å². The predicted molar refractivity (Wildman–Crippen MR) is 60.9 cm³/mol. The van der Waals surface area contributed by atoms with Gasteiger partial charge < -0.3 is 10.4 Å². The van der Waals surface area contributed by atoms with Crippen molar-refractivity contribution in [2.45, 2.75) is 58.4 Å². The fraction of sp³-hybridized carbons (Fsp3) is 0.917. The van der Waals surface area contributed by atoms with Crippen LogP contribution in [0.25, 0.3) is 0 Å². The van der Waals surface area contributed by atoms with Crippen LogP contribution in [0.1, 0.15) is 52.4 Å². The van der Waals surface area contributed by atoms with Gasteiger partial charge in [-0.25, -0.2) is 0 Å². The lowest BCUT2D eigenvalue weighted by molar-refractivity contribution is -0.149. The molecule has 0 heterocycles. The number of nitrogens with one attached hydrogen (secondary N) is 1. The largest absolute Gasteiger partial charge is 0.481 e. The molecule has 0 radical (unpaired) electrons. The maximum Gasteiger partial charge on any atom is 0.310 e. The highest BCUT2D eigenvalue weighted by molar-refractivity contribution is 5.75. The van der Waals surface area contributed by atoms with Crippen molar-refractivity contribution >= 4 is 5.97 Å². The third-order valence-corrected chi connectivity index (χ3v) is 3.36. The highest BCUT2D eigenvalue weighted by Gasteiger charge is 2.38. The summed E-state index contributed by atoms with van der Waals surface area (Å²) in [6, 6.07) is 0.365. The zero-order valence-corrected chi connectivity index (χ0v) is 9.88. The van der Waals surface area contributed by atoms with Crippen molar-refractivity contribution in [3.8, 4) is 0 Å². The Balaban J connectivity index is 2.63. The van der Waals surface area contributed by atoms with Crippen LogP contribution in [-0.2, 0) is 4.79 Å². The molecule has 1 aliphatic carbocycles. The summed E-state index contributed by atoms with van der Waals surface area (Å²) in [5.41, 5.74) is -0.499.